The molecule has 0 spiro atoms. The fraction of sp³-hybridized carbons (Fsp3) is 0.235. The monoisotopic (exact) mass is 319 g/mol. The SMILES string of the molecule is COc1cccc2c1N(C(=O)c1ccc(F)cc1Cl)CCC2. The van der Waals surface area contributed by atoms with Crippen molar-refractivity contribution in [1.29, 1.82) is 0 Å². The van der Waals surface area contributed by atoms with Crippen LogP contribution in [0.25, 0.3) is 0 Å². The maximum Gasteiger partial charge on any atom is 0.259 e. The number of fused-ring (bicyclic) bond motifs is 1. The number of carbonyl (C=O) groups is 1. The summed E-state index contributed by atoms with van der Waals surface area (Å²) in [6.07, 6.45) is 1.76. The van der Waals surface area contributed by atoms with E-state index in [4.69, 9.17) is 16.3 Å². The van der Waals surface area contributed by atoms with Gasteiger partial charge in [0.25, 0.3) is 5.91 Å². The summed E-state index contributed by atoms with van der Waals surface area (Å²) in [4.78, 5) is 14.5. The summed E-state index contributed by atoms with van der Waals surface area (Å²) in [6, 6.07) is 9.55. The molecule has 1 amide bonds. The van der Waals surface area contributed by atoms with E-state index in [1.54, 1.807) is 12.0 Å². The molecule has 1 aliphatic rings. The van der Waals surface area contributed by atoms with Gasteiger partial charge in [-0.05, 0) is 42.7 Å². The molecule has 3 rings (SSSR count). The van der Waals surface area contributed by atoms with E-state index in [0.29, 0.717) is 17.9 Å². The van der Waals surface area contributed by atoms with Crippen molar-refractivity contribution in [2.75, 3.05) is 18.6 Å². The highest BCUT2D eigenvalue weighted by Gasteiger charge is 2.27. The van der Waals surface area contributed by atoms with Crippen molar-refractivity contribution < 1.29 is 13.9 Å². The number of halogens is 2. The Balaban J connectivity index is 2.05. The Morgan fingerprint density at radius 1 is 1.32 bits per heavy atom. The van der Waals surface area contributed by atoms with Crippen molar-refractivity contribution in [3.05, 3.63) is 58.4 Å². The van der Waals surface area contributed by atoms with Crippen LogP contribution in [-0.4, -0.2) is 19.6 Å². The number of anilines is 1. The van der Waals surface area contributed by atoms with Gasteiger partial charge in [-0.1, -0.05) is 23.7 Å². The van der Waals surface area contributed by atoms with Gasteiger partial charge in [0.2, 0.25) is 0 Å². The summed E-state index contributed by atoms with van der Waals surface area (Å²) in [6.45, 7) is 0.583. The molecule has 3 nitrogen and oxygen atoms in total. The fourth-order valence-corrected chi connectivity index (χ4v) is 3.04. The highest BCUT2D eigenvalue weighted by molar-refractivity contribution is 6.34. The van der Waals surface area contributed by atoms with E-state index >= 15 is 0 Å². The fourth-order valence-electron chi connectivity index (χ4n) is 2.79. The minimum atomic E-state index is -0.460. The molecule has 0 saturated heterocycles. The van der Waals surface area contributed by atoms with Gasteiger partial charge in [-0.3, -0.25) is 4.79 Å². The lowest BCUT2D eigenvalue weighted by Gasteiger charge is -2.31. The molecule has 2 aromatic rings. The van der Waals surface area contributed by atoms with Gasteiger partial charge >= 0.3 is 0 Å². The molecule has 0 atom stereocenters. The number of methoxy groups -OCH3 is 1. The molecule has 1 aliphatic heterocycles. The number of ether oxygens (including phenoxy) is 1. The quantitative estimate of drug-likeness (QED) is 0.834. The lowest BCUT2D eigenvalue weighted by Crippen LogP contribution is -2.36. The second-order valence-electron chi connectivity index (χ2n) is 5.15. The standard InChI is InChI=1S/C17H15ClFNO2/c1-22-15-6-2-4-11-5-3-9-20(16(11)15)17(21)13-8-7-12(19)10-14(13)18/h2,4,6-8,10H,3,5,9H2,1H3. The molecule has 2 aromatic carbocycles. The van der Waals surface area contributed by atoms with Crippen LogP contribution in [0.2, 0.25) is 5.02 Å². The van der Waals surface area contributed by atoms with Crippen LogP contribution in [0.5, 0.6) is 5.75 Å². The predicted molar refractivity (Wildman–Crippen MR) is 84.4 cm³/mol. The Labute approximate surface area is 133 Å². The topological polar surface area (TPSA) is 29.5 Å². The maximum atomic E-state index is 13.2. The molecular weight excluding hydrogens is 305 g/mol. The lowest BCUT2D eigenvalue weighted by atomic mass is 10.00. The third-order valence-corrected chi connectivity index (χ3v) is 4.12. The van der Waals surface area contributed by atoms with Gasteiger partial charge in [-0.2, -0.15) is 0 Å². The number of para-hydroxylation sites is 1. The Hall–Kier alpha value is -2.07. The van der Waals surface area contributed by atoms with Crippen LogP contribution in [0, 0.1) is 5.82 Å². The highest BCUT2D eigenvalue weighted by Crippen LogP contribution is 2.37. The van der Waals surface area contributed by atoms with Crippen molar-refractivity contribution in [3.63, 3.8) is 0 Å². The summed E-state index contributed by atoms with van der Waals surface area (Å²) < 4.78 is 18.6. The highest BCUT2D eigenvalue weighted by atomic mass is 35.5. The second kappa shape index (κ2) is 5.97. The van der Waals surface area contributed by atoms with Crippen LogP contribution in [0.1, 0.15) is 22.3 Å². The van der Waals surface area contributed by atoms with E-state index in [-0.39, 0.29) is 10.9 Å². The Kier molecular flexibility index (Phi) is 4.03. The predicted octanol–water partition coefficient (Wildman–Crippen LogP) is 4.08. The van der Waals surface area contributed by atoms with Crippen LogP contribution < -0.4 is 9.64 Å². The molecule has 0 aliphatic carbocycles. The molecule has 0 unspecified atom stereocenters. The number of rotatable bonds is 2. The molecule has 0 fully saturated rings. The summed E-state index contributed by atoms with van der Waals surface area (Å²) in [7, 11) is 1.58. The smallest absolute Gasteiger partial charge is 0.259 e. The van der Waals surface area contributed by atoms with Crippen molar-refractivity contribution >= 4 is 23.2 Å². The van der Waals surface area contributed by atoms with Crippen LogP contribution in [0.15, 0.2) is 36.4 Å². The van der Waals surface area contributed by atoms with Crippen LogP contribution >= 0.6 is 11.6 Å². The largest absolute Gasteiger partial charge is 0.495 e. The van der Waals surface area contributed by atoms with E-state index in [2.05, 4.69) is 0 Å². The van der Waals surface area contributed by atoms with Gasteiger partial charge in [-0.25, -0.2) is 4.39 Å². The number of aryl methyl sites for hydroxylation is 1. The van der Waals surface area contributed by atoms with Gasteiger partial charge in [0.1, 0.15) is 11.6 Å². The normalized spacial score (nSPS) is 13.7. The summed E-state index contributed by atoms with van der Waals surface area (Å²) in [5.74, 6) is -0.0441. The number of amides is 1. The first-order chi connectivity index (χ1) is 10.6. The zero-order valence-corrected chi connectivity index (χ0v) is 12.9. The zero-order valence-electron chi connectivity index (χ0n) is 12.1. The molecule has 0 saturated carbocycles. The van der Waals surface area contributed by atoms with Crippen molar-refractivity contribution in [3.8, 4) is 5.75 Å². The van der Waals surface area contributed by atoms with Crippen molar-refractivity contribution in [2.24, 2.45) is 0 Å². The first kappa shape index (κ1) is 14.9. The summed E-state index contributed by atoms with van der Waals surface area (Å²) in [5, 5.41) is 0.118. The number of hydrogen-bond donors (Lipinski definition) is 0. The average Bonchev–Trinajstić information content (AvgIpc) is 2.53. The van der Waals surface area contributed by atoms with Crippen LogP contribution in [0.3, 0.4) is 0 Å². The third-order valence-electron chi connectivity index (χ3n) is 3.81. The van der Waals surface area contributed by atoms with Crippen LogP contribution in [-0.2, 0) is 6.42 Å². The third kappa shape index (κ3) is 2.55. The molecular formula is C17H15ClFNO2. The average molecular weight is 320 g/mol. The number of hydrogen-bond acceptors (Lipinski definition) is 2. The summed E-state index contributed by atoms with van der Waals surface area (Å²) >= 11 is 6.03. The maximum absolute atomic E-state index is 13.2. The Bertz CT molecular complexity index is 718. The van der Waals surface area contributed by atoms with Gasteiger partial charge < -0.3 is 9.64 Å². The number of nitrogens with zero attached hydrogens (tertiary/aromatic N) is 1. The number of benzene rings is 2. The molecule has 0 bridgehead atoms. The minimum absolute atomic E-state index is 0.118. The molecule has 0 radical (unpaired) electrons. The van der Waals surface area contributed by atoms with E-state index in [1.165, 1.54) is 12.1 Å². The van der Waals surface area contributed by atoms with Gasteiger partial charge in [0.05, 0.1) is 23.4 Å². The first-order valence-corrected chi connectivity index (χ1v) is 7.42. The van der Waals surface area contributed by atoms with E-state index in [9.17, 15) is 9.18 Å². The van der Waals surface area contributed by atoms with Crippen molar-refractivity contribution in [1.82, 2.24) is 0 Å². The van der Waals surface area contributed by atoms with E-state index < -0.39 is 5.82 Å². The Morgan fingerprint density at radius 2 is 2.14 bits per heavy atom. The van der Waals surface area contributed by atoms with Gasteiger partial charge in [0, 0.05) is 6.54 Å². The van der Waals surface area contributed by atoms with E-state index in [1.807, 2.05) is 18.2 Å². The molecule has 5 heteroatoms. The molecule has 114 valence electrons. The molecule has 22 heavy (non-hydrogen) atoms. The second-order valence-corrected chi connectivity index (χ2v) is 5.56. The lowest BCUT2D eigenvalue weighted by molar-refractivity contribution is 0.0984. The van der Waals surface area contributed by atoms with Crippen LogP contribution in [0.4, 0.5) is 10.1 Å². The zero-order chi connectivity index (χ0) is 15.7. The molecule has 0 N–H and O–H groups in total. The Morgan fingerprint density at radius 3 is 2.86 bits per heavy atom. The van der Waals surface area contributed by atoms with E-state index in [0.717, 1.165) is 30.2 Å². The summed E-state index contributed by atoms with van der Waals surface area (Å²) in [5.41, 5.74) is 2.14. The molecule has 1 heterocycles. The minimum Gasteiger partial charge on any atom is -0.495 e. The van der Waals surface area contributed by atoms with Crippen molar-refractivity contribution in [2.45, 2.75) is 12.8 Å². The molecule has 0 aromatic heterocycles. The van der Waals surface area contributed by atoms with Gasteiger partial charge in [0.15, 0.2) is 0 Å². The number of carbonyl (C=O) groups excluding carboxylic acids is 1. The van der Waals surface area contributed by atoms with Gasteiger partial charge in [-0.15, -0.1) is 0 Å². The first-order valence-electron chi connectivity index (χ1n) is 7.04.